The predicted octanol–water partition coefficient (Wildman–Crippen LogP) is 3.56. The standard InChI is InChI=1S/C17H26F2N2/c1-3-8-20-13(2)15-6-9-21(10-7-15)12-14-4-5-16(18)17(19)11-14/h4-5,11,13,15,20H,3,6-10,12H2,1-2H3. The molecule has 0 radical (unpaired) electrons. The molecule has 0 aliphatic carbocycles. The van der Waals surface area contributed by atoms with Crippen LogP contribution in [0.15, 0.2) is 18.2 Å². The molecule has 1 fully saturated rings. The summed E-state index contributed by atoms with van der Waals surface area (Å²) in [6.07, 6.45) is 3.50. The van der Waals surface area contributed by atoms with Gasteiger partial charge in [-0.1, -0.05) is 13.0 Å². The average Bonchev–Trinajstić information content (AvgIpc) is 2.49. The number of rotatable bonds is 6. The summed E-state index contributed by atoms with van der Waals surface area (Å²) >= 11 is 0. The fourth-order valence-electron chi connectivity index (χ4n) is 3.05. The molecule has 118 valence electrons. The minimum absolute atomic E-state index is 0.565. The van der Waals surface area contributed by atoms with Crippen LogP contribution in [0.1, 0.15) is 38.7 Å². The van der Waals surface area contributed by atoms with Gasteiger partial charge in [0.1, 0.15) is 0 Å². The Hall–Kier alpha value is -1.00. The number of halogens is 2. The van der Waals surface area contributed by atoms with Crippen molar-refractivity contribution in [3.05, 3.63) is 35.4 Å². The average molecular weight is 296 g/mol. The number of hydrogen-bond acceptors (Lipinski definition) is 2. The molecule has 1 N–H and O–H groups in total. The summed E-state index contributed by atoms with van der Waals surface area (Å²) in [6, 6.07) is 4.77. The van der Waals surface area contributed by atoms with Gasteiger partial charge < -0.3 is 5.32 Å². The maximum absolute atomic E-state index is 13.2. The molecule has 0 bridgehead atoms. The van der Waals surface area contributed by atoms with Crippen molar-refractivity contribution >= 4 is 0 Å². The zero-order valence-corrected chi connectivity index (χ0v) is 13.0. The van der Waals surface area contributed by atoms with Gasteiger partial charge in [0, 0.05) is 12.6 Å². The smallest absolute Gasteiger partial charge is 0.159 e. The minimum Gasteiger partial charge on any atom is -0.314 e. The summed E-state index contributed by atoms with van der Waals surface area (Å²) in [5, 5.41) is 3.57. The number of nitrogens with zero attached hydrogens (tertiary/aromatic N) is 1. The van der Waals surface area contributed by atoms with Crippen LogP contribution in [0.4, 0.5) is 8.78 Å². The van der Waals surface area contributed by atoms with Gasteiger partial charge in [0.15, 0.2) is 11.6 Å². The van der Waals surface area contributed by atoms with E-state index in [2.05, 4.69) is 24.1 Å². The van der Waals surface area contributed by atoms with Crippen molar-refractivity contribution in [2.45, 2.75) is 45.7 Å². The molecule has 21 heavy (non-hydrogen) atoms. The molecule has 0 amide bonds. The number of nitrogens with one attached hydrogen (secondary N) is 1. The summed E-state index contributed by atoms with van der Waals surface area (Å²) in [5.41, 5.74) is 0.851. The minimum atomic E-state index is -0.770. The highest BCUT2D eigenvalue weighted by Gasteiger charge is 2.23. The van der Waals surface area contributed by atoms with Crippen LogP contribution in [0.3, 0.4) is 0 Å². The predicted molar refractivity (Wildman–Crippen MR) is 82.1 cm³/mol. The Morgan fingerprint density at radius 1 is 1.24 bits per heavy atom. The Balaban J connectivity index is 1.79. The highest BCUT2D eigenvalue weighted by atomic mass is 19.2. The molecule has 0 aromatic heterocycles. The first-order valence-corrected chi connectivity index (χ1v) is 7.99. The van der Waals surface area contributed by atoms with Crippen molar-refractivity contribution in [2.24, 2.45) is 5.92 Å². The fourth-order valence-corrected chi connectivity index (χ4v) is 3.05. The quantitative estimate of drug-likeness (QED) is 0.863. The molecule has 4 heteroatoms. The van der Waals surface area contributed by atoms with Crippen LogP contribution in [0.5, 0.6) is 0 Å². The van der Waals surface area contributed by atoms with Crippen molar-refractivity contribution in [2.75, 3.05) is 19.6 Å². The summed E-state index contributed by atoms with van der Waals surface area (Å²) in [6.45, 7) is 8.30. The molecule has 1 aromatic carbocycles. The van der Waals surface area contributed by atoms with Crippen LogP contribution in [0.2, 0.25) is 0 Å². The Bertz CT molecular complexity index is 442. The Kier molecular flexibility index (Phi) is 6.12. The fraction of sp³-hybridized carbons (Fsp3) is 0.647. The van der Waals surface area contributed by atoms with Gasteiger partial charge in [-0.05, 0) is 69.4 Å². The van der Waals surface area contributed by atoms with Crippen molar-refractivity contribution in [1.82, 2.24) is 10.2 Å². The molecule has 1 heterocycles. The highest BCUT2D eigenvalue weighted by Crippen LogP contribution is 2.22. The van der Waals surface area contributed by atoms with Crippen molar-refractivity contribution in [3.63, 3.8) is 0 Å². The Morgan fingerprint density at radius 3 is 2.57 bits per heavy atom. The van der Waals surface area contributed by atoms with Crippen molar-refractivity contribution in [1.29, 1.82) is 0 Å². The van der Waals surface area contributed by atoms with Gasteiger partial charge in [-0.2, -0.15) is 0 Å². The zero-order valence-electron chi connectivity index (χ0n) is 13.0. The largest absolute Gasteiger partial charge is 0.314 e. The third-order valence-corrected chi connectivity index (χ3v) is 4.45. The SMILES string of the molecule is CCCNC(C)C1CCN(Cc2ccc(F)c(F)c2)CC1. The van der Waals surface area contributed by atoms with Crippen molar-refractivity contribution in [3.8, 4) is 0 Å². The molecule has 0 saturated carbocycles. The second-order valence-electron chi connectivity index (χ2n) is 6.10. The van der Waals surface area contributed by atoms with Crippen LogP contribution >= 0.6 is 0 Å². The topological polar surface area (TPSA) is 15.3 Å². The maximum Gasteiger partial charge on any atom is 0.159 e. The number of piperidine rings is 1. The van der Waals surface area contributed by atoms with Gasteiger partial charge in [-0.15, -0.1) is 0 Å². The zero-order chi connectivity index (χ0) is 15.2. The van der Waals surface area contributed by atoms with Gasteiger partial charge in [-0.25, -0.2) is 8.78 Å². The molecule has 0 spiro atoms. The lowest BCUT2D eigenvalue weighted by atomic mass is 9.90. The summed E-state index contributed by atoms with van der Waals surface area (Å²) in [7, 11) is 0. The van der Waals surface area contributed by atoms with Crippen LogP contribution in [0, 0.1) is 17.6 Å². The van der Waals surface area contributed by atoms with Crippen molar-refractivity contribution < 1.29 is 8.78 Å². The molecule has 1 unspecified atom stereocenters. The normalized spacial score (nSPS) is 18.9. The van der Waals surface area contributed by atoms with E-state index in [0.29, 0.717) is 12.6 Å². The van der Waals surface area contributed by atoms with E-state index in [4.69, 9.17) is 0 Å². The first-order valence-electron chi connectivity index (χ1n) is 7.99. The third kappa shape index (κ3) is 4.75. The van der Waals surface area contributed by atoms with E-state index in [0.717, 1.165) is 31.1 Å². The molecular formula is C17H26F2N2. The maximum atomic E-state index is 13.2. The number of benzene rings is 1. The lowest BCUT2D eigenvalue weighted by Gasteiger charge is -2.35. The van der Waals surface area contributed by atoms with E-state index >= 15 is 0 Å². The monoisotopic (exact) mass is 296 g/mol. The summed E-state index contributed by atoms with van der Waals surface area (Å²) in [4.78, 5) is 2.33. The van der Waals surface area contributed by atoms with Gasteiger partial charge in [0.2, 0.25) is 0 Å². The lowest BCUT2D eigenvalue weighted by molar-refractivity contribution is 0.156. The Morgan fingerprint density at radius 2 is 1.95 bits per heavy atom. The van der Waals surface area contributed by atoms with E-state index in [1.54, 1.807) is 6.07 Å². The van der Waals surface area contributed by atoms with Crippen LogP contribution in [0.25, 0.3) is 0 Å². The highest BCUT2D eigenvalue weighted by molar-refractivity contribution is 5.17. The lowest BCUT2D eigenvalue weighted by Crippen LogP contribution is -2.41. The molecular weight excluding hydrogens is 270 g/mol. The van der Waals surface area contributed by atoms with Crippen LogP contribution < -0.4 is 5.32 Å². The van der Waals surface area contributed by atoms with Gasteiger partial charge in [0.25, 0.3) is 0 Å². The molecule has 1 atom stereocenters. The molecule has 1 saturated heterocycles. The molecule has 1 aliphatic heterocycles. The van der Waals surface area contributed by atoms with E-state index < -0.39 is 11.6 Å². The first-order chi connectivity index (χ1) is 10.1. The van der Waals surface area contributed by atoms with E-state index in [9.17, 15) is 8.78 Å². The Labute approximate surface area is 126 Å². The summed E-state index contributed by atoms with van der Waals surface area (Å²) in [5.74, 6) is -0.800. The van der Waals surface area contributed by atoms with Gasteiger partial charge >= 0.3 is 0 Å². The third-order valence-electron chi connectivity index (χ3n) is 4.45. The van der Waals surface area contributed by atoms with Crippen LogP contribution in [-0.2, 0) is 6.54 Å². The number of likely N-dealkylation sites (tertiary alicyclic amines) is 1. The summed E-state index contributed by atoms with van der Waals surface area (Å²) < 4.78 is 26.1. The van der Waals surface area contributed by atoms with E-state index in [-0.39, 0.29) is 0 Å². The molecule has 1 aromatic rings. The van der Waals surface area contributed by atoms with E-state index in [1.165, 1.54) is 31.4 Å². The van der Waals surface area contributed by atoms with Gasteiger partial charge in [0.05, 0.1) is 0 Å². The van der Waals surface area contributed by atoms with E-state index in [1.807, 2.05) is 0 Å². The second kappa shape index (κ2) is 7.85. The molecule has 1 aliphatic rings. The molecule has 2 rings (SSSR count). The first kappa shape index (κ1) is 16.4. The number of hydrogen-bond donors (Lipinski definition) is 1. The molecule has 2 nitrogen and oxygen atoms in total. The second-order valence-corrected chi connectivity index (χ2v) is 6.10. The van der Waals surface area contributed by atoms with Crippen LogP contribution in [-0.4, -0.2) is 30.6 Å². The van der Waals surface area contributed by atoms with Gasteiger partial charge in [-0.3, -0.25) is 4.90 Å².